The Morgan fingerprint density at radius 1 is 0.585 bits per heavy atom. The van der Waals surface area contributed by atoms with Crippen LogP contribution in [-0.4, -0.2) is 39.0 Å². The molecule has 2 fully saturated rings. The highest BCUT2D eigenvalue weighted by Crippen LogP contribution is 2.34. The van der Waals surface area contributed by atoms with Crippen LogP contribution >= 0.6 is 0 Å². The number of carbonyl (C=O) groups excluding carboxylic acids is 3. The van der Waals surface area contributed by atoms with Gasteiger partial charge < -0.3 is 14.9 Å². The van der Waals surface area contributed by atoms with E-state index in [0.29, 0.717) is 47.9 Å². The summed E-state index contributed by atoms with van der Waals surface area (Å²) in [5, 5.41) is 21.6. The summed E-state index contributed by atoms with van der Waals surface area (Å²) in [6.45, 7) is 1.33. The molecule has 0 heterocycles. The maximum atomic E-state index is 12.9. The second-order valence-electron chi connectivity index (χ2n) is 11.2. The lowest BCUT2D eigenvalue weighted by molar-refractivity contribution is -0.144. The summed E-state index contributed by atoms with van der Waals surface area (Å²) in [6, 6.07) is 25.6. The van der Waals surface area contributed by atoms with E-state index in [1.165, 1.54) is 6.92 Å². The quantitative estimate of drug-likeness (QED) is 0.246. The number of aliphatic hydroxyl groups is 2. The number of Topliss-reactive ketones (excluding diaryl/α,β-unsaturated/α-hetero) is 2. The number of hydrogen-bond acceptors (Lipinski definition) is 6. The number of benzene rings is 3. The SMILES string of the molecule is CC(=O)OC(c1ccc(C(=O)C2(O)CCCCC2)cc1)c1ccc(C(=O)C2(O)CCCCC2)cc1.c1ccccc1. The van der Waals surface area contributed by atoms with E-state index >= 15 is 0 Å². The van der Waals surface area contributed by atoms with Gasteiger partial charge >= 0.3 is 5.97 Å². The van der Waals surface area contributed by atoms with E-state index in [0.717, 1.165) is 38.5 Å². The second-order valence-corrected chi connectivity index (χ2v) is 11.2. The summed E-state index contributed by atoms with van der Waals surface area (Å²) in [5.41, 5.74) is -0.392. The predicted octanol–water partition coefficient (Wildman–Crippen LogP) is 6.78. The number of ketones is 2. The number of esters is 1. The molecule has 0 aromatic heterocycles. The Kier molecular flexibility index (Phi) is 10.2. The zero-order valence-corrected chi connectivity index (χ0v) is 23.8. The zero-order valence-electron chi connectivity index (χ0n) is 23.8. The summed E-state index contributed by atoms with van der Waals surface area (Å²) in [5.74, 6) is -0.990. The fourth-order valence-electron chi connectivity index (χ4n) is 5.76. The van der Waals surface area contributed by atoms with Crippen LogP contribution in [0.15, 0.2) is 84.9 Å². The van der Waals surface area contributed by atoms with Gasteiger partial charge in [0.15, 0.2) is 17.7 Å². The third-order valence-electron chi connectivity index (χ3n) is 8.11. The topological polar surface area (TPSA) is 101 Å². The van der Waals surface area contributed by atoms with E-state index in [1.54, 1.807) is 48.5 Å². The van der Waals surface area contributed by atoms with E-state index in [9.17, 15) is 24.6 Å². The third-order valence-corrected chi connectivity index (χ3v) is 8.11. The molecular formula is C35H40O6. The van der Waals surface area contributed by atoms with Gasteiger partial charge in [-0.1, -0.05) is 123 Å². The molecule has 2 saturated carbocycles. The van der Waals surface area contributed by atoms with Crippen molar-refractivity contribution < 1.29 is 29.3 Å². The third kappa shape index (κ3) is 7.78. The van der Waals surface area contributed by atoms with Crippen molar-refractivity contribution in [2.24, 2.45) is 0 Å². The molecule has 0 radical (unpaired) electrons. The van der Waals surface area contributed by atoms with Crippen LogP contribution < -0.4 is 0 Å². The summed E-state index contributed by atoms with van der Waals surface area (Å²) in [4.78, 5) is 37.7. The molecule has 3 aromatic carbocycles. The minimum absolute atomic E-state index is 0.267. The fourth-order valence-corrected chi connectivity index (χ4v) is 5.76. The van der Waals surface area contributed by atoms with Gasteiger partial charge in [0.2, 0.25) is 0 Å². The zero-order chi connectivity index (χ0) is 29.3. The van der Waals surface area contributed by atoms with Crippen LogP contribution in [0.25, 0.3) is 0 Å². The van der Waals surface area contributed by atoms with Crippen molar-refractivity contribution in [1.82, 2.24) is 0 Å². The minimum Gasteiger partial charge on any atom is -0.453 e. The lowest BCUT2D eigenvalue weighted by Gasteiger charge is -2.30. The molecule has 0 aliphatic heterocycles. The Morgan fingerprint density at radius 2 is 0.902 bits per heavy atom. The van der Waals surface area contributed by atoms with Crippen molar-refractivity contribution in [3.05, 3.63) is 107 Å². The molecule has 0 atom stereocenters. The molecule has 6 heteroatoms. The first-order valence-electron chi connectivity index (χ1n) is 14.6. The molecular weight excluding hydrogens is 516 g/mol. The average Bonchev–Trinajstić information content (AvgIpc) is 3.01. The molecule has 0 spiro atoms. The molecule has 41 heavy (non-hydrogen) atoms. The maximum absolute atomic E-state index is 12.9. The standard InChI is InChI=1S/C29H34O6.C6H6/c1-20(30)35-25(21-8-12-23(13-9-21)26(31)28(33)16-4-2-5-17-28)22-10-14-24(15-11-22)27(32)29(34)18-6-3-7-19-29;1-2-4-6-5-3-1/h8-15,25,33-34H,2-7,16-19H2,1H3;1-6H. The van der Waals surface area contributed by atoms with E-state index in [2.05, 4.69) is 0 Å². The Balaban J connectivity index is 0.000000572. The smallest absolute Gasteiger partial charge is 0.303 e. The molecule has 2 N–H and O–H groups in total. The first-order chi connectivity index (χ1) is 19.7. The van der Waals surface area contributed by atoms with E-state index in [-0.39, 0.29) is 11.6 Å². The van der Waals surface area contributed by atoms with Gasteiger partial charge in [-0.25, -0.2) is 0 Å². The van der Waals surface area contributed by atoms with Crippen molar-refractivity contribution >= 4 is 17.5 Å². The van der Waals surface area contributed by atoms with Crippen LogP contribution in [0.1, 0.15) is 109 Å². The molecule has 0 unspecified atom stereocenters. The molecule has 6 nitrogen and oxygen atoms in total. The minimum atomic E-state index is -1.31. The van der Waals surface area contributed by atoms with Crippen molar-refractivity contribution in [2.45, 2.75) is 88.4 Å². The highest BCUT2D eigenvalue weighted by molar-refractivity contribution is 6.03. The van der Waals surface area contributed by atoms with Crippen LogP contribution in [0, 0.1) is 0 Å². The maximum Gasteiger partial charge on any atom is 0.303 e. The highest BCUT2D eigenvalue weighted by atomic mass is 16.5. The number of hydrogen-bond donors (Lipinski definition) is 2. The molecule has 216 valence electrons. The normalized spacial score (nSPS) is 17.6. The number of ether oxygens (including phenoxy) is 1. The average molecular weight is 557 g/mol. The number of carbonyl (C=O) groups is 3. The molecule has 3 aromatic rings. The van der Waals surface area contributed by atoms with Crippen LogP contribution in [-0.2, 0) is 9.53 Å². The highest BCUT2D eigenvalue weighted by Gasteiger charge is 2.38. The van der Waals surface area contributed by atoms with Gasteiger partial charge in [-0.15, -0.1) is 0 Å². The van der Waals surface area contributed by atoms with Crippen molar-refractivity contribution in [3.8, 4) is 0 Å². The molecule has 5 rings (SSSR count). The van der Waals surface area contributed by atoms with Gasteiger partial charge in [-0.05, 0) is 36.8 Å². The molecule has 2 aliphatic rings. The van der Waals surface area contributed by atoms with Crippen LogP contribution in [0.3, 0.4) is 0 Å². The van der Waals surface area contributed by atoms with Gasteiger partial charge in [0.25, 0.3) is 0 Å². The summed E-state index contributed by atoms with van der Waals surface area (Å²) >= 11 is 0. The first-order valence-corrected chi connectivity index (χ1v) is 14.6. The summed E-state index contributed by atoms with van der Waals surface area (Å²) in [7, 11) is 0. The van der Waals surface area contributed by atoms with Crippen molar-refractivity contribution in [2.75, 3.05) is 0 Å². The summed E-state index contributed by atoms with van der Waals surface area (Å²) < 4.78 is 5.59. The van der Waals surface area contributed by atoms with Crippen molar-refractivity contribution in [1.29, 1.82) is 0 Å². The predicted molar refractivity (Wildman–Crippen MR) is 158 cm³/mol. The Morgan fingerprint density at radius 3 is 1.20 bits per heavy atom. The van der Waals surface area contributed by atoms with Gasteiger partial charge in [0.1, 0.15) is 11.2 Å². The van der Waals surface area contributed by atoms with Crippen LogP contribution in [0.5, 0.6) is 0 Å². The lowest BCUT2D eigenvalue weighted by Crippen LogP contribution is -2.40. The van der Waals surface area contributed by atoms with Crippen LogP contribution in [0.4, 0.5) is 0 Å². The van der Waals surface area contributed by atoms with Gasteiger partial charge in [0.05, 0.1) is 0 Å². The van der Waals surface area contributed by atoms with E-state index in [4.69, 9.17) is 4.74 Å². The molecule has 2 aliphatic carbocycles. The molecule has 0 saturated heterocycles. The van der Waals surface area contributed by atoms with Crippen molar-refractivity contribution in [3.63, 3.8) is 0 Å². The Labute approximate surface area is 242 Å². The number of rotatable bonds is 7. The Bertz CT molecular complexity index is 1180. The van der Waals surface area contributed by atoms with Gasteiger partial charge in [-0.3, -0.25) is 14.4 Å². The summed E-state index contributed by atoms with van der Waals surface area (Å²) in [6.07, 6.45) is 6.60. The van der Waals surface area contributed by atoms with Crippen LogP contribution in [0.2, 0.25) is 0 Å². The second kappa shape index (κ2) is 13.8. The largest absolute Gasteiger partial charge is 0.453 e. The molecule has 0 amide bonds. The lowest BCUT2D eigenvalue weighted by atomic mass is 9.79. The van der Waals surface area contributed by atoms with Gasteiger partial charge in [-0.2, -0.15) is 0 Å². The van der Waals surface area contributed by atoms with E-state index < -0.39 is 23.3 Å². The van der Waals surface area contributed by atoms with E-state index in [1.807, 2.05) is 36.4 Å². The monoisotopic (exact) mass is 556 g/mol. The van der Waals surface area contributed by atoms with Gasteiger partial charge in [0, 0.05) is 18.1 Å². The Hall–Kier alpha value is -3.61. The fraction of sp³-hybridized carbons (Fsp3) is 0.400. The molecule has 0 bridgehead atoms. The first kappa shape index (κ1) is 30.4.